The topological polar surface area (TPSA) is 62.5 Å². The number of aliphatic hydroxyl groups is 1. The first-order chi connectivity index (χ1) is 10.5. The number of hydrogen-bond acceptors (Lipinski definition) is 2. The molecular formula is C18H23NO3. The largest absolute Gasteiger partial charge is 0.478 e. The Kier molecular flexibility index (Phi) is 3.96. The van der Waals surface area contributed by atoms with Crippen molar-refractivity contribution < 1.29 is 15.0 Å². The zero-order chi connectivity index (χ0) is 15.9. The van der Waals surface area contributed by atoms with Crippen molar-refractivity contribution in [3.8, 4) is 0 Å². The fourth-order valence-electron chi connectivity index (χ4n) is 3.98. The van der Waals surface area contributed by atoms with Crippen LogP contribution in [-0.4, -0.2) is 26.9 Å². The van der Waals surface area contributed by atoms with Gasteiger partial charge in [0.15, 0.2) is 0 Å². The van der Waals surface area contributed by atoms with Gasteiger partial charge in [-0.15, -0.1) is 0 Å². The third-order valence-corrected chi connectivity index (χ3v) is 5.20. The van der Waals surface area contributed by atoms with Crippen molar-refractivity contribution >= 4 is 16.9 Å². The molecular weight excluding hydrogens is 278 g/mol. The lowest BCUT2D eigenvalue weighted by Gasteiger charge is -2.32. The van der Waals surface area contributed by atoms with Crippen LogP contribution in [0.4, 0.5) is 0 Å². The number of para-hydroxylation sites is 1. The van der Waals surface area contributed by atoms with E-state index in [0.29, 0.717) is 11.5 Å². The van der Waals surface area contributed by atoms with Gasteiger partial charge in [0.1, 0.15) is 0 Å². The molecule has 2 N–H and O–H groups in total. The maximum absolute atomic E-state index is 11.6. The highest BCUT2D eigenvalue weighted by Crippen LogP contribution is 2.37. The van der Waals surface area contributed by atoms with E-state index in [4.69, 9.17) is 0 Å². The number of fused-ring (bicyclic) bond motifs is 1. The van der Waals surface area contributed by atoms with Gasteiger partial charge in [-0.2, -0.15) is 0 Å². The average molecular weight is 301 g/mol. The Morgan fingerprint density at radius 2 is 1.86 bits per heavy atom. The average Bonchev–Trinajstić information content (AvgIpc) is 2.79. The van der Waals surface area contributed by atoms with E-state index >= 15 is 0 Å². The van der Waals surface area contributed by atoms with Gasteiger partial charge in [-0.1, -0.05) is 18.2 Å². The Bertz CT molecular complexity index is 696. The van der Waals surface area contributed by atoms with Crippen molar-refractivity contribution in [1.82, 2.24) is 4.57 Å². The van der Waals surface area contributed by atoms with Gasteiger partial charge in [-0.25, -0.2) is 4.79 Å². The molecule has 1 atom stereocenters. The van der Waals surface area contributed by atoms with Gasteiger partial charge < -0.3 is 14.8 Å². The molecule has 2 aromatic rings. The molecule has 118 valence electrons. The highest BCUT2D eigenvalue weighted by Gasteiger charge is 2.28. The Balaban J connectivity index is 2.06. The van der Waals surface area contributed by atoms with Crippen molar-refractivity contribution in [2.45, 2.75) is 51.7 Å². The number of rotatable bonds is 3. The van der Waals surface area contributed by atoms with Gasteiger partial charge in [0.2, 0.25) is 0 Å². The standard InChI is InChI=1S/C18H23NO3/c1-11(13-7-9-14(20)10-8-13)19-12(2)17(18(21)22)15-5-3-4-6-16(15)19/h3-6,11,13-14,20H,7-10H2,1-2H3,(H,21,22)/t11-,13?,14?/m1/s1. The maximum atomic E-state index is 11.6. The summed E-state index contributed by atoms with van der Waals surface area (Å²) in [7, 11) is 0. The minimum absolute atomic E-state index is 0.166. The first-order valence-corrected chi connectivity index (χ1v) is 8.01. The summed E-state index contributed by atoms with van der Waals surface area (Å²) in [6.45, 7) is 4.07. The van der Waals surface area contributed by atoms with Gasteiger partial charge >= 0.3 is 5.97 Å². The van der Waals surface area contributed by atoms with Crippen molar-refractivity contribution in [1.29, 1.82) is 0 Å². The van der Waals surface area contributed by atoms with Crippen LogP contribution < -0.4 is 0 Å². The number of aromatic nitrogens is 1. The fourth-order valence-corrected chi connectivity index (χ4v) is 3.98. The lowest BCUT2D eigenvalue weighted by molar-refractivity contribution is 0.0697. The predicted molar refractivity (Wildman–Crippen MR) is 86.3 cm³/mol. The summed E-state index contributed by atoms with van der Waals surface area (Å²) in [4.78, 5) is 11.6. The monoisotopic (exact) mass is 301 g/mol. The molecule has 0 saturated heterocycles. The lowest BCUT2D eigenvalue weighted by atomic mass is 9.83. The number of aliphatic hydroxyl groups excluding tert-OH is 1. The number of carbonyl (C=O) groups is 1. The Hall–Kier alpha value is -1.81. The van der Waals surface area contributed by atoms with Crippen LogP contribution >= 0.6 is 0 Å². The number of aromatic carboxylic acids is 1. The number of benzene rings is 1. The summed E-state index contributed by atoms with van der Waals surface area (Å²) < 4.78 is 2.18. The molecule has 1 aromatic carbocycles. The van der Waals surface area contributed by atoms with Crippen molar-refractivity contribution in [2.24, 2.45) is 5.92 Å². The van der Waals surface area contributed by atoms with Crippen molar-refractivity contribution in [2.75, 3.05) is 0 Å². The van der Waals surface area contributed by atoms with E-state index in [2.05, 4.69) is 11.5 Å². The summed E-state index contributed by atoms with van der Waals surface area (Å²) in [6, 6.07) is 7.98. The minimum atomic E-state index is -0.862. The van der Waals surface area contributed by atoms with E-state index in [-0.39, 0.29) is 12.1 Å². The van der Waals surface area contributed by atoms with E-state index in [1.165, 1.54) is 0 Å². The molecule has 0 amide bonds. The molecule has 1 saturated carbocycles. The Labute approximate surface area is 130 Å². The fraction of sp³-hybridized carbons (Fsp3) is 0.500. The number of carboxylic acid groups (broad SMARTS) is 1. The summed E-state index contributed by atoms with van der Waals surface area (Å²) >= 11 is 0. The van der Waals surface area contributed by atoms with E-state index in [0.717, 1.165) is 42.3 Å². The van der Waals surface area contributed by atoms with Gasteiger partial charge in [0.05, 0.1) is 11.7 Å². The molecule has 4 heteroatoms. The molecule has 0 aliphatic heterocycles. The highest BCUT2D eigenvalue weighted by molar-refractivity contribution is 6.05. The van der Waals surface area contributed by atoms with Crippen LogP contribution in [0.5, 0.6) is 0 Å². The van der Waals surface area contributed by atoms with Gasteiger partial charge in [0, 0.05) is 22.6 Å². The summed E-state index contributed by atoms with van der Waals surface area (Å²) in [6.07, 6.45) is 3.52. The molecule has 3 rings (SSSR count). The van der Waals surface area contributed by atoms with Crippen LogP contribution in [0.2, 0.25) is 0 Å². The van der Waals surface area contributed by atoms with Crippen molar-refractivity contribution in [3.05, 3.63) is 35.5 Å². The van der Waals surface area contributed by atoms with Crippen LogP contribution in [0.25, 0.3) is 10.9 Å². The Morgan fingerprint density at radius 3 is 2.50 bits per heavy atom. The first-order valence-electron chi connectivity index (χ1n) is 8.01. The molecule has 0 bridgehead atoms. The molecule has 1 aromatic heterocycles. The zero-order valence-electron chi connectivity index (χ0n) is 13.1. The summed E-state index contributed by atoms with van der Waals surface area (Å²) in [5, 5.41) is 20.1. The smallest absolute Gasteiger partial charge is 0.338 e. The van der Waals surface area contributed by atoms with E-state index in [1.54, 1.807) is 0 Å². The van der Waals surface area contributed by atoms with Gasteiger partial charge in [-0.05, 0) is 51.5 Å². The SMILES string of the molecule is Cc1c(C(=O)O)c2ccccc2n1[C@H](C)C1CCC(O)CC1. The maximum Gasteiger partial charge on any atom is 0.338 e. The lowest BCUT2D eigenvalue weighted by Crippen LogP contribution is -2.25. The van der Waals surface area contributed by atoms with Crippen molar-refractivity contribution in [3.63, 3.8) is 0 Å². The van der Waals surface area contributed by atoms with Crippen LogP contribution in [-0.2, 0) is 0 Å². The number of nitrogens with zero attached hydrogens (tertiary/aromatic N) is 1. The van der Waals surface area contributed by atoms with E-state index < -0.39 is 5.97 Å². The predicted octanol–water partition coefficient (Wildman–Crippen LogP) is 3.76. The molecule has 1 fully saturated rings. The van der Waals surface area contributed by atoms with Gasteiger partial charge in [-0.3, -0.25) is 0 Å². The molecule has 1 aliphatic carbocycles. The number of carboxylic acids is 1. The van der Waals surface area contributed by atoms with Crippen LogP contribution in [0.15, 0.2) is 24.3 Å². The molecule has 4 nitrogen and oxygen atoms in total. The Morgan fingerprint density at radius 1 is 1.23 bits per heavy atom. The molecule has 0 radical (unpaired) electrons. The minimum Gasteiger partial charge on any atom is -0.478 e. The van der Waals surface area contributed by atoms with E-state index in [9.17, 15) is 15.0 Å². The van der Waals surface area contributed by atoms with E-state index in [1.807, 2.05) is 31.2 Å². The van der Waals surface area contributed by atoms with Crippen LogP contribution in [0.3, 0.4) is 0 Å². The molecule has 22 heavy (non-hydrogen) atoms. The summed E-state index contributed by atoms with van der Waals surface area (Å²) in [5.74, 6) is -0.377. The molecule has 1 aliphatic rings. The summed E-state index contributed by atoms with van der Waals surface area (Å²) in [5.41, 5.74) is 2.24. The third kappa shape index (κ3) is 2.41. The second kappa shape index (κ2) is 5.76. The second-order valence-electron chi connectivity index (χ2n) is 6.46. The van der Waals surface area contributed by atoms with Gasteiger partial charge in [0.25, 0.3) is 0 Å². The third-order valence-electron chi connectivity index (χ3n) is 5.20. The highest BCUT2D eigenvalue weighted by atomic mass is 16.4. The number of hydrogen-bond donors (Lipinski definition) is 2. The quantitative estimate of drug-likeness (QED) is 0.907. The first kappa shape index (κ1) is 15.1. The van der Waals surface area contributed by atoms with Crippen LogP contribution in [0.1, 0.15) is 54.7 Å². The molecule has 1 heterocycles. The van der Waals surface area contributed by atoms with Crippen LogP contribution in [0, 0.1) is 12.8 Å². The second-order valence-corrected chi connectivity index (χ2v) is 6.46. The normalized spacial score (nSPS) is 23.6. The molecule has 0 unspecified atom stereocenters. The zero-order valence-corrected chi connectivity index (χ0v) is 13.1. The molecule has 0 spiro atoms.